The third-order valence-corrected chi connectivity index (χ3v) is 2.07. The Hall–Kier alpha value is -2.11. The summed E-state index contributed by atoms with van der Waals surface area (Å²) in [7, 11) is 0. The van der Waals surface area contributed by atoms with Crippen molar-refractivity contribution in [2.75, 3.05) is 0 Å². The van der Waals surface area contributed by atoms with E-state index in [1.54, 1.807) is 32.2 Å². The van der Waals surface area contributed by atoms with Crippen molar-refractivity contribution in [3.8, 4) is 0 Å². The zero-order valence-corrected chi connectivity index (χ0v) is 9.14. The Morgan fingerprint density at radius 3 is 2.94 bits per heavy atom. The number of nitrogens with one attached hydrogen (secondary N) is 1. The van der Waals surface area contributed by atoms with Gasteiger partial charge in [0, 0.05) is 17.5 Å². The van der Waals surface area contributed by atoms with Gasteiger partial charge in [0.05, 0.1) is 6.04 Å². The van der Waals surface area contributed by atoms with Crippen molar-refractivity contribution in [2.45, 2.75) is 19.9 Å². The minimum absolute atomic E-state index is 0.0425. The van der Waals surface area contributed by atoms with Crippen LogP contribution in [0.4, 0.5) is 0 Å². The highest BCUT2D eigenvalue weighted by Gasteiger charge is 2.12. The Morgan fingerprint density at radius 2 is 2.38 bits per heavy atom. The average molecular weight is 222 g/mol. The molecule has 16 heavy (non-hydrogen) atoms. The fraction of sp³-hybridized carbons (Fsp3) is 0.300. The molecule has 4 N–H and O–H groups in total. The molecule has 0 bridgehead atoms. The molecule has 6 nitrogen and oxygen atoms in total. The molecule has 0 aliphatic carbocycles. The van der Waals surface area contributed by atoms with Gasteiger partial charge in [-0.25, -0.2) is 0 Å². The van der Waals surface area contributed by atoms with E-state index in [0.717, 1.165) is 5.69 Å². The first-order valence-corrected chi connectivity index (χ1v) is 4.75. The van der Waals surface area contributed by atoms with Crippen LogP contribution in [0.25, 0.3) is 0 Å². The molecule has 0 saturated carbocycles. The van der Waals surface area contributed by atoms with E-state index in [2.05, 4.69) is 15.5 Å². The van der Waals surface area contributed by atoms with Crippen LogP contribution in [0.3, 0.4) is 0 Å². The molecule has 6 heteroatoms. The molecule has 0 aliphatic rings. The first-order valence-electron chi connectivity index (χ1n) is 4.75. The molecule has 0 aliphatic heterocycles. The lowest BCUT2D eigenvalue weighted by Crippen LogP contribution is -2.42. The van der Waals surface area contributed by atoms with Gasteiger partial charge in [-0.15, -0.1) is 0 Å². The van der Waals surface area contributed by atoms with Gasteiger partial charge in [0.15, 0.2) is 5.84 Å². The fourth-order valence-corrected chi connectivity index (χ4v) is 1.13. The lowest BCUT2D eigenvalue weighted by molar-refractivity contribution is 0.0948. The summed E-state index contributed by atoms with van der Waals surface area (Å²) in [6.07, 6.45) is 1.55. The van der Waals surface area contributed by atoms with E-state index in [1.807, 2.05) is 0 Å². The van der Waals surface area contributed by atoms with E-state index >= 15 is 0 Å². The number of oxime groups is 1. The van der Waals surface area contributed by atoms with Crippen LogP contribution in [0.15, 0.2) is 23.5 Å². The van der Waals surface area contributed by atoms with Crippen LogP contribution in [-0.2, 0) is 0 Å². The summed E-state index contributed by atoms with van der Waals surface area (Å²) >= 11 is 0. The number of nitrogens with zero attached hydrogens (tertiary/aromatic N) is 2. The molecule has 1 rings (SSSR count). The number of carbonyl (C=O) groups is 1. The Balaban J connectivity index is 2.73. The zero-order valence-electron chi connectivity index (χ0n) is 9.14. The van der Waals surface area contributed by atoms with Crippen LogP contribution >= 0.6 is 0 Å². The Bertz CT molecular complexity index is 417. The lowest BCUT2D eigenvalue weighted by Gasteiger charge is -2.12. The maximum atomic E-state index is 11.7. The summed E-state index contributed by atoms with van der Waals surface area (Å²) in [5.41, 5.74) is 6.59. The van der Waals surface area contributed by atoms with Crippen LogP contribution in [-0.4, -0.2) is 28.0 Å². The molecule has 1 aromatic heterocycles. The molecule has 1 heterocycles. The summed E-state index contributed by atoms with van der Waals surface area (Å²) in [4.78, 5) is 15.7. The molecule has 0 saturated heterocycles. The molecule has 0 radical (unpaired) electrons. The molecule has 86 valence electrons. The lowest BCUT2D eigenvalue weighted by atomic mass is 10.2. The predicted octanol–water partition coefficient (Wildman–Crippen LogP) is 0.255. The third-order valence-electron chi connectivity index (χ3n) is 2.07. The van der Waals surface area contributed by atoms with E-state index in [-0.39, 0.29) is 11.7 Å². The number of hydrogen-bond donors (Lipinski definition) is 3. The second-order valence-corrected chi connectivity index (χ2v) is 3.41. The highest BCUT2D eigenvalue weighted by Crippen LogP contribution is 2.01. The highest BCUT2D eigenvalue weighted by molar-refractivity contribution is 5.98. The average Bonchev–Trinajstić information content (AvgIpc) is 2.27. The van der Waals surface area contributed by atoms with Gasteiger partial charge < -0.3 is 16.3 Å². The first-order chi connectivity index (χ1) is 7.54. The molecule has 0 aromatic carbocycles. The van der Waals surface area contributed by atoms with Gasteiger partial charge in [-0.3, -0.25) is 9.78 Å². The van der Waals surface area contributed by atoms with Crippen LogP contribution in [0.1, 0.15) is 23.0 Å². The highest BCUT2D eigenvalue weighted by atomic mass is 16.4. The number of pyridine rings is 1. The number of carbonyl (C=O) groups excluding carboxylic acids is 1. The van der Waals surface area contributed by atoms with Gasteiger partial charge in [0.25, 0.3) is 5.91 Å². The maximum Gasteiger partial charge on any atom is 0.251 e. The third kappa shape index (κ3) is 2.94. The SMILES string of the molecule is Cc1cc(C(=O)NC(C)/C(N)=N/O)ccn1. The molecule has 0 spiro atoms. The van der Waals surface area contributed by atoms with Crippen molar-refractivity contribution >= 4 is 11.7 Å². The number of amides is 1. The largest absolute Gasteiger partial charge is 0.409 e. The summed E-state index contributed by atoms with van der Waals surface area (Å²) in [6.45, 7) is 3.42. The number of rotatable bonds is 3. The van der Waals surface area contributed by atoms with Crippen LogP contribution in [0.2, 0.25) is 0 Å². The molecule has 1 aromatic rings. The second-order valence-electron chi connectivity index (χ2n) is 3.41. The predicted molar refractivity (Wildman–Crippen MR) is 59.3 cm³/mol. The summed E-state index contributed by atoms with van der Waals surface area (Å²) in [6, 6.07) is 2.74. The Morgan fingerprint density at radius 1 is 1.69 bits per heavy atom. The van der Waals surface area contributed by atoms with Gasteiger partial charge in [-0.05, 0) is 26.0 Å². The van der Waals surface area contributed by atoms with Crippen LogP contribution in [0.5, 0.6) is 0 Å². The van der Waals surface area contributed by atoms with Crippen molar-refractivity contribution in [1.82, 2.24) is 10.3 Å². The number of hydrogen-bond acceptors (Lipinski definition) is 4. The quantitative estimate of drug-likeness (QED) is 0.295. The van der Waals surface area contributed by atoms with Gasteiger partial charge in [-0.1, -0.05) is 5.16 Å². The zero-order chi connectivity index (χ0) is 12.1. The standard InChI is InChI=1S/C10H14N4O2/c1-6-5-8(3-4-12-6)10(15)13-7(2)9(11)14-16/h3-5,7,16H,1-2H3,(H2,11,14)(H,13,15). The van der Waals surface area contributed by atoms with E-state index in [4.69, 9.17) is 10.9 Å². The van der Waals surface area contributed by atoms with E-state index in [9.17, 15) is 4.79 Å². The van der Waals surface area contributed by atoms with Crippen molar-refractivity contribution in [2.24, 2.45) is 10.9 Å². The summed E-state index contributed by atoms with van der Waals surface area (Å²) in [5.74, 6) is -0.330. The summed E-state index contributed by atoms with van der Waals surface area (Å²) in [5, 5.41) is 13.8. The number of aryl methyl sites for hydroxylation is 1. The van der Waals surface area contributed by atoms with Crippen molar-refractivity contribution in [3.05, 3.63) is 29.6 Å². The van der Waals surface area contributed by atoms with Crippen LogP contribution in [0, 0.1) is 6.92 Å². The Kier molecular flexibility index (Phi) is 3.82. The number of nitrogens with two attached hydrogens (primary N) is 1. The number of aromatic nitrogens is 1. The first kappa shape index (κ1) is 12.0. The van der Waals surface area contributed by atoms with E-state index in [0.29, 0.717) is 5.56 Å². The minimum atomic E-state index is -0.522. The van der Waals surface area contributed by atoms with Crippen molar-refractivity contribution in [3.63, 3.8) is 0 Å². The Labute approximate surface area is 93.2 Å². The number of amidine groups is 1. The van der Waals surface area contributed by atoms with Gasteiger partial charge in [-0.2, -0.15) is 0 Å². The smallest absolute Gasteiger partial charge is 0.251 e. The fourth-order valence-electron chi connectivity index (χ4n) is 1.13. The monoisotopic (exact) mass is 222 g/mol. The molecular weight excluding hydrogens is 208 g/mol. The van der Waals surface area contributed by atoms with Gasteiger partial charge in [0.2, 0.25) is 0 Å². The molecule has 1 unspecified atom stereocenters. The van der Waals surface area contributed by atoms with E-state index in [1.165, 1.54) is 0 Å². The van der Waals surface area contributed by atoms with Crippen molar-refractivity contribution in [1.29, 1.82) is 0 Å². The minimum Gasteiger partial charge on any atom is -0.409 e. The van der Waals surface area contributed by atoms with Gasteiger partial charge >= 0.3 is 0 Å². The molecule has 0 fully saturated rings. The van der Waals surface area contributed by atoms with Gasteiger partial charge in [0.1, 0.15) is 0 Å². The molecule has 1 amide bonds. The maximum absolute atomic E-state index is 11.7. The second kappa shape index (κ2) is 5.11. The topological polar surface area (TPSA) is 101 Å². The van der Waals surface area contributed by atoms with Crippen molar-refractivity contribution < 1.29 is 10.0 Å². The molecular formula is C10H14N4O2. The summed E-state index contributed by atoms with van der Waals surface area (Å²) < 4.78 is 0. The van der Waals surface area contributed by atoms with E-state index < -0.39 is 6.04 Å². The van der Waals surface area contributed by atoms with Crippen LogP contribution < -0.4 is 11.1 Å². The normalized spacial score (nSPS) is 13.2. The molecule has 1 atom stereocenters.